The van der Waals surface area contributed by atoms with E-state index >= 15 is 0 Å². The van der Waals surface area contributed by atoms with E-state index in [0.29, 0.717) is 6.54 Å². The average Bonchev–Trinajstić information content (AvgIpc) is 3.01. The molecule has 0 radical (unpaired) electrons. The fourth-order valence-electron chi connectivity index (χ4n) is 3.66. The van der Waals surface area contributed by atoms with Crippen LogP contribution in [0.5, 0.6) is 5.75 Å². The summed E-state index contributed by atoms with van der Waals surface area (Å²) in [5.41, 5.74) is 3.12. The third-order valence-electron chi connectivity index (χ3n) is 4.88. The van der Waals surface area contributed by atoms with Gasteiger partial charge in [0.15, 0.2) is 0 Å². The Balaban J connectivity index is 1.50. The van der Waals surface area contributed by atoms with Crippen LogP contribution >= 0.6 is 0 Å². The minimum atomic E-state index is 0.0705. The Kier molecular flexibility index (Phi) is 4.06. The SMILES string of the molecule is CN(Cc1cc2ccccc2n(C)c1=O)CC1Cc2ccccc2O1. The van der Waals surface area contributed by atoms with Crippen LogP contribution in [0, 0.1) is 0 Å². The van der Waals surface area contributed by atoms with E-state index in [9.17, 15) is 4.79 Å². The fourth-order valence-corrected chi connectivity index (χ4v) is 3.66. The second-order valence-electron chi connectivity index (χ2n) is 6.84. The molecule has 0 saturated carbocycles. The third-order valence-corrected chi connectivity index (χ3v) is 4.88. The maximum atomic E-state index is 12.6. The van der Waals surface area contributed by atoms with Gasteiger partial charge in [-0.1, -0.05) is 36.4 Å². The summed E-state index contributed by atoms with van der Waals surface area (Å²) in [6, 6.07) is 18.2. The molecule has 4 heteroatoms. The molecule has 0 fully saturated rings. The van der Waals surface area contributed by atoms with Gasteiger partial charge in [0.2, 0.25) is 0 Å². The molecule has 4 nitrogen and oxygen atoms in total. The topological polar surface area (TPSA) is 34.5 Å². The fraction of sp³-hybridized carbons (Fsp3) is 0.286. The van der Waals surface area contributed by atoms with E-state index in [1.165, 1.54) is 5.56 Å². The van der Waals surface area contributed by atoms with E-state index < -0.39 is 0 Å². The Morgan fingerprint density at radius 2 is 1.92 bits per heavy atom. The predicted molar refractivity (Wildman–Crippen MR) is 100 cm³/mol. The van der Waals surface area contributed by atoms with Crippen LogP contribution < -0.4 is 10.3 Å². The lowest BCUT2D eigenvalue weighted by atomic mass is 10.1. The second kappa shape index (κ2) is 6.37. The summed E-state index contributed by atoms with van der Waals surface area (Å²) >= 11 is 0. The molecule has 2 heterocycles. The zero-order valence-electron chi connectivity index (χ0n) is 14.6. The van der Waals surface area contributed by atoms with Gasteiger partial charge in [-0.3, -0.25) is 9.69 Å². The summed E-state index contributed by atoms with van der Waals surface area (Å²) < 4.78 is 7.75. The minimum absolute atomic E-state index is 0.0705. The lowest BCUT2D eigenvalue weighted by molar-refractivity contribution is 0.165. The summed E-state index contributed by atoms with van der Waals surface area (Å²) in [7, 11) is 3.88. The number of rotatable bonds is 4. The number of benzene rings is 2. The van der Waals surface area contributed by atoms with Gasteiger partial charge in [-0.25, -0.2) is 0 Å². The van der Waals surface area contributed by atoms with E-state index in [-0.39, 0.29) is 11.7 Å². The van der Waals surface area contributed by atoms with Gasteiger partial charge in [0.05, 0.1) is 5.52 Å². The van der Waals surface area contributed by atoms with Crippen molar-refractivity contribution in [1.82, 2.24) is 9.47 Å². The van der Waals surface area contributed by atoms with Crippen LogP contribution in [0.2, 0.25) is 0 Å². The molecule has 1 aliphatic heterocycles. The predicted octanol–water partition coefficient (Wildman–Crippen LogP) is 2.97. The number of aryl methyl sites for hydroxylation is 1. The molecule has 0 spiro atoms. The first-order valence-electron chi connectivity index (χ1n) is 8.62. The van der Waals surface area contributed by atoms with E-state index in [2.05, 4.69) is 17.0 Å². The molecular weight excluding hydrogens is 312 g/mol. The molecule has 0 bridgehead atoms. The van der Waals surface area contributed by atoms with Crippen LogP contribution in [0.3, 0.4) is 0 Å². The number of fused-ring (bicyclic) bond motifs is 2. The summed E-state index contributed by atoms with van der Waals surface area (Å²) in [6.45, 7) is 1.42. The molecule has 3 aromatic rings. The highest BCUT2D eigenvalue weighted by atomic mass is 16.5. The molecule has 1 atom stereocenters. The molecule has 2 aromatic carbocycles. The Morgan fingerprint density at radius 3 is 2.76 bits per heavy atom. The highest BCUT2D eigenvalue weighted by Gasteiger charge is 2.23. The molecule has 1 unspecified atom stereocenters. The number of likely N-dealkylation sites (N-methyl/N-ethyl adjacent to an activating group) is 1. The normalized spacial score (nSPS) is 16.2. The lowest BCUT2D eigenvalue weighted by Crippen LogP contribution is -2.34. The zero-order chi connectivity index (χ0) is 17.4. The smallest absolute Gasteiger partial charge is 0.255 e. The Hall–Kier alpha value is -2.59. The summed E-state index contributed by atoms with van der Waals surface area (Å²) in [4.78, 5) is 14.8. The van der Waals surface area contributed by atoms with Gasteiger partial charge < -0.3 is 9.30 Å². The van der Waals surface area contributed by atoms with Crippen LogP contribution in [-0.4, -0.2) is 29.2 Å². The first-order valence-corrected chi connectivity index (χ1v) is 8.62. The van der Waals surface area contributed by atoms with Crippen molar-refractivity contribution < 1.29 is 4.74 Å². The molecule has 128 valence electrons. The van der Waals surface area contributed by atoms with Crippen molar-refractivity contribution in [2.45, 2.75) is 19.1 Å². The first kappa shape index (κ1) is 15.9. The lowest BCUT2D eigenvalue weighted by Gasteiger charge is -2.21. The van der Waals surface area contributed by atoms with Crippen molar-refractivity contribution in [2.24, 2.45) is 7.05 Å². The molecule has 4 rings (SSSR count). The summed E-state index contributed by atoms with van der Waals surface area (Å²) in [5.74, 6) is 0.988. The van der Waals surface area contributed by atoms with E-state index in [4.69, 9.17) is 4.74 Å². The molecule has 0 N–H and O–H groups in total. The number of aromatic nitrogens is 1. The average molecular weight is 334 g/mol. The zero-order valence-corrected chi connectivity index (χ0v) is 14.6. The molecule has 0 saturated heterocycles. The highest BCUT2D eigenvalue weighted by molar-refractivity contribution is 5.79. The first-order chi connectivity index (χ1) is 12.1. The Labute approximate surface area is 147 Å². The van der Waals surface area contributed by atoms with Crippen molar-refractivity contribution in [3.63, 3.8) is 0 Å². The van der Waals surface area contributed by atoms with Gasteiger partial charge in [-0.2, -0.15) is 0 Å². The van der Waals surface area contributed by atoms with Crippen LogP contribution in [0.1, 0.15) is 11.1 Å². The summed E-state index contributed by atoms with van der Waals surface area (Å²) in [5, 5.41) is 1.09. The van der Waals surface area contributed by atoms with Gasteiger partial charge in [-0.05, 0) is 36.2 Å². The second-order valence-corrected chi connectivity index (χ2v) is 6.84. The molecule has 0 amide bonds. The number of pyridine rings is 1. The van der Waals surface area contributed by atoms with Crippen LogP contribution in [0.4, 0.5) is 0 Å². The molecule has 0 aliphatic carbocycles. The number of ether oxygens (including phenoxy) is 1. The van der Waals surface area contributed by atoms with Gasteiger partial charge in [0.25, 0.3) is 5.56 Å². The van der Waals surface area contributed by atoms with Crippen molar-refractivity contribution in [3.05, 3.63) is 76.1 Å². The number of nitrogens with zero attached hydrogens (tertiary/aromatic N) is 2. The maximum Gasteiger partial charge on any atom is 0.255 e. The van der Waals surface area contributed by atoms with E-state index in [1.54, 1.807) is 4.57 Å². The quantitative estimate of drug-likeness (QED) is 0.736. The Morgan fingerprint density at radius 1 is 1.16 bits per heavy atom. The van der Waals surface area contributed by atoms with Gasteiger partial charge in [0.1, 0.15) is 11.9 Å². The number of para-hydroxylation sites is 2. The monoisotopic (exact) mass is 334 g/mol. The highest BCUT2D eigenvalue weighted by Crippen LogP contribution is 2.28. The molecule has 25 heavy (non-hydrogen) atoms. The number of hydrogen-bond acceptors (Lipinski definition) is 3. The van der Waals surface area contributed by atoms with Crippen molar-refractivity contribution >= 4 is 10.9 Å². The van der Waals surface area contributed by atoms with Crippen molar-refractivity contribution in [2.75, 3.05) is 13.6 Å². The van der Waals surface area contributed by atoms with E-state index in [0.717, 1.165) is 35.2 Å². The maximum absolute atomic E-state index is 12.6. The Bertz CT molecular complexity index is 952. The van der Waals surface area contributed by atoms with Gasteiger partial charge in [0, 0.05) is 32.1 Å². The van der Waals surface area contributed by atoms with Crippen LogP contribution in [0.15, 0.2) is 59.4 Å². The van der Waals surface area contributed by atoms with Crippen molar-refractivity contribution in [1.29, 1.82) is 0 Å². The van der Waals surface area contributed by atoms with Gasteiger partial charge >= 0.3 is 0 Å². The van der Waals surface area contributed by atoms with Crippen molar-refractivity contribution in [3.8, 4) is 5.75 Å². The molecule has 1 aromatic heterocycles. The standard InChI is InChI=1S/C21H22N2O2/c1-22(14-18-12-16-8-4-6-10-20(16)25-18)13-17-11-15-7-3-5-9-19(15)23(2)21(17)24/h3-11,18H,12-14H2,1-2H3. The molecule has 1 aliphatic rings. The third kappa shape index (κ3) is 3.05. The molecular formula is C21H22N2O2. The largest absolute Gasteiger partial charge is 0.488 e. The van der Waals surface area contributed by atoms with Crippen LogP contribution in [-0.2, 0) is 20.0 Å². The minimum Gasteiger partial charge on any atom is -0.488 e. The van der Waals surface area contributed by atoms with Gasteiger partial charge in [-0.15, -0.1) is 0 Å². The number of hydrogen-bond donors (Lipinski definition) is 0. The van der Waals surface area contributed by atoms with E-state index in [1.807, 2.05) is 56.6 Å². The van der Waals surface area contributed by atoms with Crippen LogP contribution in [0.25, 0.3) is 10.9 Å². The summed E-state index contributed by atoms with van der Waals surface area (Å²) in [6.07, 6.45) is 1.07.